The Morgan fingerprint density at radius 3 is 2.46 bits per heavy atom. The quantitative estimate of drug-likeness (QED) is 0.871. The van der Waals surface area contributed by atoms with Gasteiger partial charge in [-0.25, -0.2) is 9.18 Å². The van der Waals surface area contributed by atoms with Crippen molar-refractivity contribution >= 4 is 6.09 Å². The van der Waals surface area contributed by atoms with Crippen molar-refractivity contribution in [1.82, 2.24) is 4.90 Å². The molecule has 2 fully saturated rings. The number of carbonyl (C=O) groups excluding carboxylic acids is 1. The van der Waals surface area contributed by atoms with Crippen molar-refractivity contribution < 1.29 is 28.5 Å². The Kier molecular flexibility index (Phi) is 4.88. The Labute approximate surface area is 152 Å². The standard InChI is InChI=1S/C19H26FNO5/c1-18(2,3)26-17(22)21-12-8-19(23,9-13(21)11-25-10-12)14-6-5-7-15(20)16(14)24-4/h5-7,12-13,23H,8-11H2,1-4H3. The number of rotatable bonds is 2. The second-order valence-corrected chi connectivity index (χ2v) is 7.99. The van der Waals surface area contributed by atoms with Gasteiger partial charge in [-0.1, -0.05) is 12.1 Å². The highest BCUT2D eigenvalue weighted by molar-refractivity contribution is 5.69. The van der Waals surface area contributed by atoms with Crippen molar-refractivity contribution in [2.24, 2.45) is 0 Å². The van der Waals surface area contributed by atoms with E-state index < -0.39 is 23.1 Å². The zero-order valence-corrected chi connectivity index (χ0v) is 15.6. The summed E-state index contributed by atoms with van der Waals surface area (Å²) in [6.45, 7) is 6.05. The molecule has 2 atom stereocenters. The summed E-state index contributed by atoms with van der Waals surface area (Å²) in [6.07, 6.45) is 0.0366. The maximum absolute atomic E-state index is 14.1. The summed E-state index contributed by atoms with van der Waals surface area (Å²) in [4.78, 5) is 14.3. The predicted molar refractivity (Wildman–Crippen MR) is 92.6 cm³/mol. The minimum atomic E-state index is -1.30. The number of hydrogen-bond acceptors (Lipinski definition) is 5. The number of aliphatic hydroxyl groups is 1. The molecule has 1 aromatic carbocycles. The number of amides is 1. The van der Waals surface area contributed by atoms with Gasteiger partial charge in [-0.15, -0.1) is 0 Å². The monoisotopic (exact) mass is 367 g/mol. The van der Waals surface area contributed by atoms with E-state index in [2.05, 4.69) is 0 Å². The fourth-order valence-corrected chi connectivity index (χ4v) is 3.89. The van der Waals surface area contributed by atoms with Gasteiger partial charge in [-0.3, -0.25) is 4.90 Å². The smallest absolute Gasteiger partial charge is 0.410 e. The Morgan fingerprint density at radius 2 is 1.92 bits per heavy atom. The van der Waals surface area contributed by atoms with Gasteiger partial charge in [-0.2, -0.15) is 0 Å². The van der Waals surface area contributed by atoms with E-state index in [1.54, 1.807) is 17.0 Å². The van der Waals surface area contributed by atoms with Gasteiger partial charge in [0.05, 0.1) is 38.0 Å². The summed E-state index contributed by atoms with van der Waals surface area (Å²) in [5.41, 5.74) is -1.50. The van der Waals surface area contributed by atoms with Gasteiger partial charge < -0.3 is 19.3 Å². The fraction of sp³-hybridized carbons (Fsp3) is 0.632. The molecule has 0 spiro atoms. The molecule has 2 unspecified atom stereocenters. The van der Waals surface area contributed by atoms with Crippen LogP contribution in [0.1, 0.15) is 39.2 Å². The highest BCUT2D eigenvalue weighted by atomic mass is 19.1. The number of halogens is 1. The van der Waals surface area contributed by atoms with Crippen molar-refractivity contribution in [3.63, 3.8) is 0 Å². The molecule has 0 aliphatic carbocycles. The lowest BCUT2D eigenvalue weighted by Gasteiger charge is -2.51. The van der Waals surface area contributed by atoms with E-state index in [-0.39, 0.29) is 30.7 Å². The zero-order valence-electron chi connectivity index (χ0n) is 15.6. The van der Waals surface area contributed by atoms with E-state index >= 15 is 0 Å². The van der Waals surface area contributed by atoms with Gasteiger partial charge in [0.15, 0.2) is 11.6 Å². The highest BCUT2D eigenvalue weighted by Gasteiger charge is 2.50. The number of carbonyl (C=O) groups is 1. The van der Waals surface area contributed by atoms with Crippen LogP contribution in [0.5, 0.6) is 5.75 Å². The molecular weight excluding hydrogens is 341 g/mol. The van der Waals surface area contributed by atoms with Crippen molar-refractivity contribution in [2.75, 3.05) is 20.3 Å². The summed E-state index contributed by atoms with van der Waals surface area (Å²) in [5.74, 6) is -0.478. The summed E-state index contributed by atoms with van der Waals surface area (Å²) >= 11 is 0. The number of para-hydroxylation sites is 1. The number of hydrogen-bond donors (Lipinski definition) is 1. The molecule has 144 valence electrons. The van der Waals surface area contributed by atoms with Gasteiger partial charge in [0, 0.05) is 18.4 Å². The molecule has 2 heterocycles. The van der Waals surface area contributed by atoms with Crippen LogP contribution >= 0.6 is 0 Å². The molecule has 1 N–H and O–H groups in total. The normalized spacial score (nSPS) is 28.6. The first kappa shape index (κ1) is 18.9. The van der Waals surface area contributed by atoms with Crippen molar-refractivity contribution in [3.05, 3.63) is 29.6 Å². The van der Waals surface area contributed by atoms with E-state index in [4.69, 9.17) is 14.2 Å². The molecule has 7 heteroatoms. The number of fused-ring (bicyclic) bond motifs is 2. The number of piperidine rings is 1. The molecule has 0 saturated carbocycles. The molecule has 0 aromatic heterocycles. The third kappa shape index (κ3) is 3.50. The molecule has 0 radical (unpaired) electrons. The van der Waals surface area contributed by atoms with Gasteiger partial charge in [0.25, 0.3) is 0 Å². The Balaban J connectivity index is 1.90. The molecule has 1 aromatic rings. The van der Waals surface area contributed by atoms with Crippen molar-refractivity contribution in [2.45, 2.75) is 56.9 Å². The fourth-order valence-electron chi connectivity index (χ4n) is 3.89. The van der Waals surface area contributed by atoms with E-state index in [1.165, 1.54) is 13.2 Å². The van der Waals surface area contributed by atoms with E-state index in [9.17, 15) is 14.3 Å². The number of ether oxygens (including phenoxy) is 3. The molecule has 2 bridgehead atoms. The SMILES string of the molecule is COc1c(F)cccc1C1(O)CC2COCC(C1)N2C(=O)OC(C)(C)C. The topological polar surface area (TPSA) is 68.2 Å². The second-order valence-electron chi connectivity index (χ2n) is 7.99. The molecule has 2 aliphatic heterocycles. The van der Waals surface area contributed by atoms with Gasteiger partial charge >= 0.3 is 6.09 Å². The summed E-state index contributed by atoms with van der Waals surface area (Å²) < 4.78 is 30.4. The number of morpholine rings is 1. The van der Waals surface area contributed by atoms with E-state index in [0.29, 0.717) is 18.8 Å². The van der Waals surface area contributed by atoms with Crippen molar-refractivity contribution in [1.29, 1.82) is 0 Å². The zero-order chi connectivity index (χ0) is 19.1. The van der Waals surface area contributed by atoms with Crippen LogP contribution in [-0.2, 0) is 15.1 Å². The highest BCUT2D eigenvalue weighted by Crippen LogP contribution is 2.45. The molecule has 1 amide bonds. The minimum Gasteiger partial charge on any atom is -0.493 e. The average Bonchev–Trinajstić information content (AvgIpc) is 2.52. The lowest BCUT2D eigenvalue weighted by atomic mass is 9.76. The van der Waals surface area contributed by atoms with Crippen LogP contribution in [0.3, 0.4) is 0 Å². The van der Waals surface area contributed by atoms with E-state index in [0.717, 1.165) is 0 Å². The Morgan fingerprint density at radius 1 is 1.31 bits per heavy atom. The van der Waals surface area contributed by atoms with Crippen LogP contribution in [0, 0.1) is 5.82 Å². The number of nitrogens with zero attached hydrogens (tertiary/aromatic N) is 1. The lowest BCUT2D eigenvalue weighted by Crippen LogP contribution is -2.63. The summed E-state index contributed by atoms with van der Waals surface area (Å²) in [6, 6.07) is 3.82. The van der Waals surface area contributed by atoms with Gasteiger partial charge in [0.2, 0.25) is 0 Å². The lowest BCUT2D eigenvalue weighted by molar-refractivity contribution is -0.141. The van der Waals surface area contributed by atoms with E-state index in [1.807, 2.05) is 20.8 Å². The van der Waals surface area contributed by atoms with Crippen LogP contribution in [0.2, 0.25) is 0 Å². The second kappa shape index (κ2) is 6.70. The number of benzene rings is 1. The maximum atomic E-state index is 14.1. The van der Waals surface area contributed by atoms with Crippen LogP contribution in [0.4, 0.5) is 9.18 Å². The summed E-state index contributed by atoms with van der Waals surface area (Å²) in [5, 5.41) is 11.3. The first-order valence-electron chi connectivity index (χ1n) is 8.79. The molecular formula is C19H26FNO5. The molecule has 3 rings (SSSR count). The van der Waals surface area contributed by atoms with Crippen LogP contribution in [0.25, 0.3) is 0 Å². The first-order valence-corrected chi connectivity index (χ1v) is 8.79. The summed E-state index contributed by atoms with van der Waals surface area (Å²) in [7, 11) is 1.38. The molecule has 2 aliphatic rings. The first-order chi connectivity index (χ1) is 12.1. The van der Waals surface area contributed by atoms with Gasteiger partial charge in [-0.05, 0) is 26.8 Å². The van der Waals surface area contributed by atoms with Crippen LogP contribution in [0.15, 0.2) is 18.2 Å². The molecule has 26 heavy (non-hydrogen) atoms. The van der Waals surface area contributed by atoms with Gasteiger partial charge in [0.1, 0.15) is 5.60 Å². The van der Waals surface area contributed by atoms with Crippen molar-refractivity contribution in [3.8, 4) is 5.75 Å². The molecule has 6 nitrogen and oxygen atoms in total. The molecule has 2 saturated heterocycles. The largest absolute Gasteiger partial charge is 0.493 e. The number of methoxy groups -OCH3 is 1. The minimum absolute atomic E-state index is 0.0414. The Bertz CT molecular complexity index is 673. The average molecular weight is 367 g/mol. The third-order valence-corrected chi connectivity index (χ3v) is 4.83. The Hall–Kier alpha value is -1.86. The third-order valence-electron chi connectivity index (χ3n) is 4.83. The van der Waals surface area contributed by atoms with Crippen LogP contribution in [-0.4, -0.2) is 54.1 Å². The predicted octanol–water partition coefficient (Wildman–Crippen LogP) is 2.82. The van der Waals surface area contributed by atoms with Crippen LogP contribution < -0.4 is 4.74 Å². The maximum Gasteiger partial charge on any atom is 0.410 e.